The fourth-order valence-corrected chi connectivity index (χ4v) is 2.52. The lowest BCUT2D eigenvalue weighted by molar-refractivity contribution is 0.0797. The summed E-state index contributed by atoms with van der Waals surface area (Å²) in [5.74, 6) is -0.0987. The molecule has 1 amide bonds. The summed E-state index contributed by atoms with van der Waals surface area (Å²) < 4.78 is 0.978. The summed E-state index contributed by atoms with van der Waals surface area (Å²) in [6.07, 6.45) is 0. The predicted molar refractivity (Wildman–Crippen MR) is 72.5 cm³/mol. The highest BCUT2D eigenvalue weighted by Crippen LogP contribution is 2.31. The van der Waals surface area contributed by atoms with Crippen molar-refractivity contribution in [2.75, 3.05) is 27.2 Å². The number of carbonyl (C=O) groups is 1. The van der Waals surface area contributed by atoms with Crippen molar-refractivity contribution in [1.29, 1.82) is 0 Å². The molecule has 0 aliphatic rings. The van der Waals surface area contributed by atoms with E-state index in [-0.39, 0.29) is 18.3 Å². The van der Waals surface area contributed by atoms with Gasteiger partial charge in [0.25, 0.3) is 5.91 Å². The van der Waals surface area contributed by atoms with E-state index in [1.165, 1.54) is 11.3 Å². The van der Waals surface area contributed by atoms with Crippen LogP contribution >= 0.6 is 46.9 Å². The maximum absolute atomic E-state index is 11.8. The van der Waals surface area contributed by atoms with Gasteiger partial charge in [0.15, 0.2) is 0 Å². The minimum atomic E-state index is -0.0987. The molecule has 0 aliphatic carbocycles. The van der Waals surface area contributed by atoms with Crippen LogP contribution in [0.5, 0.6) is 0 Å². The molecule has 0 aromatic carbocycles. The fourth-order valence-electron chi connectivity index (χ4n) is 1.07. The largest absolute Gasteiger partial charge is 0.340 e. The SMILES string of the molecule is CNCCN(C)C(=O)c1cc(Cl)sc1Cl.Cl. The Balaban J connectivity index is 0.00000225. The lowest BCUT2D eigenvalue weighted by Gasteiger charge is -2.16. The number of hydrogen-bond acceptors (Lipinski definition) is 3. The van der Waals surface area contributed by atoms with E-state index in [9.17, 15) is 4.79 Å². The van der Waals surface area contributed by atoms with Gasteiger partial charge in [-0.15, -0.1) is 23.7 Å². The molecule has 0 fully saturated rings. The van der Waals surface area contributed by atoms with Crippen molar-refractivity contribution in [3.8, 4) is 0 Å². The van der Waals surface area contributed by atoms with E-state index in [1.54, 1.807) is 18.0 Å². The maximum Gasteiger partial charge on any atom is 0.256 e. The number of thiophene rings is 1. The van der Waals surface area contributed by atoms with Gasteiger partial charge in [-0.05, 0) is 13.1 Å². The molecule has 0 unspecified atom stereocenters. The molecule has 92 valence electrons. The van der Waals surface area contributed by atoms with Crippen LogP contribution in [0.25, 0.3) is 0 Å². The van der Waals surface area contributed by atoms with E-state index in [2.05, 4.69) is 5.32 Å². The van der Waals surface area contributed by atoms with Gasteiger partial charge in [-0.2, -0.15) is 0 Å². The Bertz CT molecular complexity index is 357. The van der Waals surface area contributed by atoms with Crippen molar-refractivity contribution in [2.24, 2.45) is 0 Å². The molecule has 7 heteroatoms. The second kappa shape index (κ2) is 7.35. The first-order valence-corrected chi connectivity index (χ1v) is 5.98. The first-order chi connectivity index (χ1) is 7.06. The molecule has 0 aliphatic heterocycles. The van der Waals surface area contributed by atoms with Gasteiger partial charge in [-0.25, -0.2) is 0 Å². The fraction of sp³-hybridized carbons (Fsp3) is 0.444. The summed E-state index contributed by atoms with van der Waals surface area (Å²) in [6.45, 7) is 1.39. The molecule has 1 rings (SSSR count). The number of nitrogens with one attached hydrogen (secondary N) is 1. The Labute approximate surface area is 115 Å². The first-order valence-electron chi connectivity index (χ1n) is 4.41. The minimum Gasteiger partial charge on any atom is -0.340 e. The summed E-state index contributed by atoms with van der Waals surface area (Å²) in [4.78, 5) is 13.5. The molecule has 0 saturated carbocycles. The molecule has 3 nitrogen and oxygen atoms in total. The van der Waals surface area contributed by atoms with Gasteiger partial charge >= 0.3 is 0 Å². The molecule has 16 heavy (non-hydrogen) atoms. The van der Waals surface area contributed by atoms with Gasteiger partial charge in [-0.3, -0.25) is 4.79 Å². The number of carbonyl (C=O) groups excluding carboxylic acids is 1. The zero-order chi connectivity index (χ0) is 11.4. The highest BCUT2D eigenvalue weighted by Gasteiger charge is 2.17. The number of rotatable bonds is 4. The zero-order valence-electron chi connectivity index (χ0n) is 8.92. The van der Waals surface area contributed by atoms with Gasteiger partial charge in [0.05, 0.1) is 9.90 Å². The standard InChI is InChI=1S/C9H12Cl2N2OS.ClH/c1-12-3-4-13(2)9(14)6-5-7(10)15-8(6)11;/h5,12H,3-4H2,1-2H3;1H. The Hall–Kier alpha value is -0.000000000000000222. The monoisotopic (exact) mass is 302 g/mol. The van der Waals surface area contributed by atoms with Gasteiger partial charge in [0.1, 0.15) is 4.34 Å². The van der Waals surface area contributed by atoms with Gasteiger partial charge in [-0.1, -0.05) is 23.2 Å². The summed E-state index contributed by atoms with van der Waals surface area (Å²) >= 11 is 12.9. The van der Waals surface area contributed by atoms with Gasteiger partial charge in [0.2, 0.25) is 0 Å². The molecule has 0 spiro atoms. The Morgan fingerprint density at radius 3 is 2.62 bits per heavy atom. The second-order valence-corrected chi connectivity index (χ2v) is 5.35. The van der Waals surface area contributed by atoms with Crippen LogP contribution in [0.3, 0.4) is 0 Å². The normalized spacial score (nSPS) is 9.75. The van der Waals surface area contributed by atoms with Crippen molar-refractivity contribution in [1.82, 2.24) is 10.2 Å². The van der Waals surface area contributed by atoms with Crippen LogP contribution in [-0.4, -0.2) is 38.0 Å². The Morgan fingerprint density at radius 1 is 1.56 bits per heavy atom. The Morgan fingerprint density at radius 2 is 2.19 bits per heavy atom. The summed E-state index contributed by atoms with van der Waals surface area (Å²) in [7, 11) is 3.58. The molecular weight excluding hydrogens is 291 g/mol. The topological polar surface area (TPSA) is 32.3 Å². The van der Waals surface area contributed by atoms with Crippen molar-refractivity contribution in [3.63, 3.8) is 0 Å². The van der Waals surface area contributed by atoms with E-state index in [1.807, 2.05) is 7.05 Å². The van der Waals surface area contributed by atoms with Crippen molar-refractivity contribution in [2.45, 2.75) is 0 Å². The molecular formula is C9H13Cl3N2OS. The third kappa shape index (κ3) is 4.11. The average molecular weight is 304 g/mol. The molecule has 1 aromatic rings. The quantitative estimate of drug-likeness (QED) is 0.927. The van der Waals surface area contributed by atoms with Crippen LogP contribution in [0.15, 0.2) is 6.07 Å². The second-order valence-electron chi connectivity index (χ2n) is 3.07. The number of halogens is 3. The van der Waals surface area contributed by atoms with E-state index < -0.39 is 0 Å². The van der Waals surface area contributed by atoms with E-state index in [0.717, 1.165) is 6.54 Å². The molecule has 1 heterocycles. The van der Waals surface area contributed by atoms with Crippen LogP contribution in [0.2, 0.25) is 8.67 Å². The van der Waals surface area contributed by atoms with Crippen LogP contribution in [0.4, 0.5) is 0 Å². The van der Waals surface area contributed by atoms with Gasteiger partial charge < -0.3 is 10.2 Å². The van der Waals surface area contributed by atoms with Crippen LogP contribution in [0.1, 0.15) is 10.4 Å². The number of nitrogens with zero attached hydrogens (tertiary/aromatic N) is 1. The highest BCUT2D eigenvalue weighted by molar-refractivity contribution is 7.20. The van der Waals surface area contributed by atoms with Crippen molar-refractivity contribution >= 4 is 52.9 Å². The Kier molecular flexibility index (Phi) is 7.35. The molecule has 0 atom stereocenters. The van der Waals surface area contributed by atoms with Crippen molar-refractivity contribution < 1.29 is 4.79 Å². The van der Waals surface area contributed by atoms with Crippen LogP contribution in [-0.2, 0) is 0 Å². The highest BCUT2D eigenvalue weighted by atomic mass is 35.5. The lowest BCUT2D eigenvalue weighted by Crippen LogP contribution is -2.32. The number of amides is 1. The van der Waals surface area contributed by atoms with E-state index in [0.29, 0.717) is 20.8 Å². The molecule has 0 bridgehead atoms. The minimum absolute atomic E-state index is 0. The van der Waals surface area contributed by atoms with Crippen LogP contribution < -0.4 is 5.32 Å². The first kappa shape index (κ1) is 16.0. The van der Waals surface area contributed by atoms with E-state index in [4.69, 9.17) is 23.2 Å². The van der Waals surface area contributed by atoms with Crippen molar-refractivity contribution in [3.05, 3.63) is 20.3 Å². The number of likely N-dealkylation sites (N-methyl/N-ethyl adjacent to an activating group) is 2. The maximum atomic E-state index is 11.8. The molecule has 0 radical (unpaired) electrons. The zero-order valence-corrected chi connectivity index (χ0v) is 12.1. The predicted octanol–water partition coefficient (Wildman–Crippen LogP) is 2.77. The molecule has 0 saturated heterocycles. The summed E-state index contributed by atoms with van der Waals surface area (Å²) in [6, 6.07) is 1.60. The average Bonchev–Trinajstić information content (AvgIpc) is 2.53. The van der Waals surface area contributed by atoms with Crippen LogP contribution in [0, 0.1) is 0 Å². The van der Waals surface area contributed by atoms with Gasteiger partial charge in [0, 0.05) is 20.1 Å². The van der Waals surface area contributed by atoms with E-state index >= 15 is 0 Å². The molecule has 1 N–H and O–H groups in total. The molecule has 1 aromatic heterocycles. The summed E-state index contributed by atoms with van der Waals surface area (Å²) in [5, 5.41) is 2.97. The third-order valence-corrected chi connectivity index (χ3v) is 3.42. The lowest BCUT2D eigenvalue weighted by atomic mass is 10.3. The third-order valence-electron chi connectivity index (χ3n) is 1.93. The number of hydrogen-bond donors (Lipinski definition) is 1. The smallest absolute Gasteiger partial charge is 0.256 e. The summed E-state index contributed by atoms with van der Waals surface area (Å²) in [5.41, 5.74) is 0.477.